The van der Waals surface area contributed by atoms with E-state index in [1.807, 2.05) is 16.2 Å². The fraction of sp³-hybridized carbons (Fsp3) is 0.357. The third-order valence-corrected chi connectivity index (χ3v) is 8.38. The van der Waals surface area contributed by atoms with E-state index < -0.39 is 4.92 Å². The van der Waals surface area contributed by atoms with Crippen LogP contribution in [-0.2, 0) is 11.2 Å². The summed E-state index contributed by atoms with van der Waals surface area (Å²) >= 11 is 1.81. The first-order valence-electron chi connectivity index (χ1n) is 12.6. The fourth-order valence-corrected chi connectivity index (χ4v) is 6.26. The summed E-state index contributed by atoms with van der Waals surface area (Å²) in [6.45, 7) is 5.52. The number of carbonyl (C=O) groups excluding carboxylic acids is 2. The second-order valence-corrected chi connectivity index (χ2v) is 10.6. The van der Waals surface area contributed by atoms with Crippen molar-refractivity contribution in [1.29, 1.82) is 0 Å². The number of carbonyl (C=O) groups is 2. The average Bonchev–Trinajstić information content (AvgIpc) is 3.41. The Hall–Kier alpha value is -3.56. The number of aryl methyl sites for hydroxylation is 1. The van der Waals surface area contributed by atoms with Crippen LogP contribution in [0.3, 0.4) is 0 Å². The molecular weight excluding hydrogens is 488 g/mol. The molecular formula is C28H30N4O4S. The minimum absolute atomic E-state index is 0.0992. The molecule has 3 aromatic rings. The van der Waals surface area contributed by atoms with Crippen LogP contribution >= 0.6 is 11.3 Å². The quantitative estimate of drug-likeness (QED) is 0.359. The van der Waals surface area contributed by atoms with E-state index in [-0.39, 0.29) is 23.5 Å². The van der Waals surface area contributed by atoms with Gasteiger partial charge in [0, 0.05) is 68.3 Å². The molecule has 0 spiro atoms. The first-order chi connectivity index (χ1) is 17.9. The average molecular weight is 519 g/mol. The second kappa shape index (κ2) is 10.8. The molecule has 0 N–H and O–H groups in total. The number of rotatable bonds is 6. The zero-order valence-electron chi connectivity index (χ0n) is 20.8. The summed E-state index contributed by atoms with van der Waals surface area (Å²) in [5.41, 5.74) is 4.10. The molecule has 3 heterocycles. The van der Waals surface area contributed by atoms with Crippen molar-refractivity contribution in [3.05, 3.63) is 97.2 Å². The highest BCUT2D eigenvalue weighted by Crippen LogP contribution is 2.38. The number of hydrogen-bond acceptors (Lipinski definition) is 6. The van der Waals surface area contributed by atoms with Gasteiger partial charge in [-0.25, -0.2) is 0 Å². The molecule has 0 bridgehead atoms. The Labute approximate surface area is 220 Å². The number of thiophene rings is 1. The predicted octanol–water partition coefficient (Wildman–Crippen LogP) is 4.29. The third-order valence-electron chi connectivity index (χ3n) is 7.39. The van der Waals surface area contributed by atoms with Crippen molar-refractivity contribution in [2.24, 2.45) is 0 Å². The SMILES string of the molecule is Cc1ccccc1[C@@H]1c2ccsc2CCN1CCC(=O)N1CCN(C(=O)c2cccc([N+](=O)[O-])c2)CC1. The summed E-state index contributed by atoms with van der Waals surface area (Å²) in [6.07, 6.45) is 1.43. The number of piperazine rings is 1. The number of nitrogens with zero attached hydrogens (tertiary/aromatic N) is 4. The Morgan fingerprint density at radius 2 is 1.73 bits per heavy atom. The van der Waals surface area contributed by atoms with Crippen LogP contribution in [0.4, 0.5) is 5.69 Å². The molecule has 0 unspecified atom stereocenters. The van der Waals surface area contributed by atoms with Crippen molar-refractivity contribution >= 4 is 28.8 Å². The van der Waals surface area contributed by atoms with Gasteiger partial charge in [0.15, 0.2) is 0 Å². The third kappa shape index (κ3) is 5.28. The molecule has 1 saturated heterocycles. The van der Waals surface area contributed by atoms with Gasteiger partial charge in [-0.05, 0) is 47.5 Å². The molecule has 37 heavy (non-hydrogen) atoms. The van der Waals surface area contributed by atoms with Crippen LogP contribution in [0.2, 0.25) is 0 Å². The zero-order chi connectivity index (χ0) is 25.9. The molecule has 1 aromatic heterocycles. The Balaban J connectivity index is 1.19. The zero-order valence-corrected chi connectivity index (χ0v) is 21.7. The van der Waals surface area contributed by atoms with E-state index in [0.29, 0.717) is 44.7 Å². The Bertz CT molecular complexity index is 1310. The van der Waals surface area contributed by atoms with Gasteiger partial charge in [-0.1, -0.05) is 30.3 Å². The lowest BCUT2D eigenvalue weighted by atomic mass is 9.90. The Kier molecular flexibility index (Phi) is 7.34. The standard InChI is InChI=1S/C28H30N4O4S/c1-20-5-2-3-8-23(20)27-24-11-18-37-25(24)9-12-30(27)13-10-26(33)29-14-16-31(17-15-29)28(34)21-6-4-7-22(19-21)32(35)36/h2-8,11,18-19,27H,9-10,12-17H2,1H3/t27-/m1/s1. The maximum absolute atomic E-state index is 13.1. The normalized spacial score (nSPS) is 17.9. The number of benzene rings is 2. The number of nitro benzene ring substituents is 1. The molecule has 1 atom stereocenters. The summed E-state index contributed by atoms with van der Waals surface area (Å²) in [5.74, 6) is -0.140. The van der Waals surface area contributed by atoms with E-state index in [0.717, 1.165) is 13.0 Å². The number of nitro groups is 1. The van der Waals surface area contributed by atoms with E-state index in [4.69, 9.17) is 0 Å². The molecule has 2 aliphatic heterocycles. The highest BCUT2D eigenvalue weighted by atomic mass is 32.1. The van der Waals surface area contributed by atoms with E-state index in [2.05, 4.69) is 47.5 Å². The van der Waals surface area contributed by atoms with Crippen LogP contribution < -0.4 is 0 Å². The van der Waals surface area contributed by atoms with E-state index in [1.165, 1.54) is 39.8 Å². The number of non-ortho nitro benzene ring substituents is 1. The van der Waals surface area contributed by atoms with Crippen molar-refractivity contribution in [3.63, 3.8) is 0 Å². The molecule has 0 aliphatic carbocycles. The number of hydrogen-bond donors (Lipinski definition) is 0. The largest absolute Gasteiger partial charge is 0.339 e. The lowest BCUT2D eigenvalue weighted by Crippen LogP contribution is -2.51. The van der Waals surface area contributed by atoms with E-state index in [1.54, 1.807) is 11.0 Å². The monoisotopic (exact) mass is 518 g/mol. The Morgan fingerprint density at radius 3 is 2.49 bits per heavy atom. The van der Waals surface area contributed by atoms with E-state index in [9.17, 15) is 19.7 Å². The van der Waals surface area contributed by atoms with Gasteiger partial charge in [-0.15, -0.1) is 11.3 Å². The van der Waals surface area contributed by atoms with Crippen molar-refractivity contribution in [3.8, 4) is 0 Å². The van der Waals surface area contributed by atoms with Crippen molar-refractivity contribution < 1.29 is 14.5 Å². The van der Waals surface area contributed by atoms with Gasteiger partial charge in [0.2, 0.25) is 5.91 Å². The lowest BCUT2D eigenvalue weighted by molar-refractivity contribution is -0.384. The maximum atomic E-state index is 13.1. The molecule has 2 amide bonds. The molecule has 0 saturated carbocycles. The van der Waals surface area contributed by atoms with Crippen molar-refractivity contribution in [2.75, 3.05) is 39.3 Å². The van der Waals surface area contributed by atoms with Crippen LogP contribution in [0.5, 0.6) is 0 Å². The number of fused-ring (bicyclic) bond motifs is 1. The fourth-order valence-electron chi connectivity index (χ4n) is 5.36. The van der Waals surface area contributed by atoms with Gasteiger partial charge in [0.1, 0.15) is 0 Å². The summed E-state index contributed by atoms with van der Waals surface area (Å²) < 4.78 is 0. The lowest BCUT2D eigenvalue weighted by Gasteiger charge is -2.38. The van der Waals surface area contributed by atoms with Gasteiger partial charge < -0.3 is 9.80 Å². The van der Waals surface area contributed by atoms with Crippen LogP contribution in [0.25, 0.3) is 0 Å². The molecule has 1 fully saturated rings. The van der Waals surface area contributed by atoms with Gasteiger partial charge >= 0.3 is 0 Å². The predicted molar refractivity (Wildman–Crippen MR) is 143 cm³/mol. The molecule has 9 heteroatoms. The minimum Gasteiger partial charge on any atom is -0.339 e. The molecule has 2 aromatic carbocycles. The van der Waals surface area contributed by atoms with Crippen molar-refractivity contribution in [2.45, 2.75) is 25.8 Å². The minimum atomic E-state index is -0.501. The molecule has 8 nitrogen and oxygen atoms in total. The highest BCUT2D eigenvalue weighted by molar-refractivity contribution is 7.10. The molecule has 192 valence electrons. The van der Waals surface area contributed by atoms with Gasteiger partial charge in [-0.2, -0.15) is 0 Å². The van der Waals surface area contributed by atoms with Crippen LogP contribution in [-0.4, -0.2) is 70.7 Å². The first kappa shape index (κ1) is 25.1. The Morgan fingerprint density at radius 1 is 0.973 bits per heavy atom. The first-order valence-corrected chi connectivity index (χ1v) is 13.5. The maximum Gasteiger partial charge on any atom is 0.270 e. The summed E-state index contributed by atoms with van der Waals surface area (Å²) in [6, 6.07) is 16.7. The van der Waals surface area contributed by atoms with Crippen molar-refractivity contribution in [1.82, 2.24) is 14.7 Å². The summed E-state index contributed by atoms with van der Waals surface area (Å²) in [7, 11) is 0. The van der Waals surface area contributed by atoms with Gasteiger partial charge in [0.25, 0.3) is 11.6 Å². The highest BCUT2D eigenvalue weighted by Gasteiger charge is 2.31. The summed E-state index contributed by atoms with van der Waals surface area (Å²) in [5, 5.41) is 13.2. The molecule has 0 radical (unpaired) electrons. The second-order valence-electron chi connectivity index (χ2n) is 9.57. The molecule has 2 aliphatic rings. The topological polar surface area (TPSA) is 87.0 Å². The van der Waals surface area contributed by atoms with Crippen LogP contribution in [0, 0.1) is 17.0 Å². The van der Waals surface area contributed by atoms with Gasteiger partial charge in [-0.3, -0.25) is 24.6 Å². The van der Waals surface area contributed by atoms with Gasteiger partial charge in [0.05, 0.1) is 11.0 Å². The molecule has 5 rings (SSSR count). The number of amides is 2. The van der Waals surface area contributed by atoms with E-state index >= 15 is 0 Å². The van der Waals surface area contributed by atoms with Crippen LogP contribution in [0.15, 0.2) is 60.0 Å². The van der Waals surface area contributed by atoms with Crippen LogP contribution in [0.1, 0.15) is 44.4 Å². The smallest absolute Gasteiger partial charge is 0.270 e. The summed E-state index contributed by atoms with van der Waals surface area (Å²) in [4.78, 5) is 43.9.